The van der Waals surface area contributed by atoms with E-state index in [2.05, 4.69) is 5.32 Å². The quantitative estimate of drug-likeness (QED) is 0.818. The van der Waals surface area contributed by atoms with E-state index in [1.54, 1.807) is 13.0 Å². The highest BCUT2D eigenvalue weighted by Crippen LogP contribution is 2.36. The van der Waals surface area contributed by atoms with E-state index in [4.69, 9.17) is 9.84 Å². The third kappa shape index (κ3) is 3.28. The van der Waals surface area contributed by atoms with Crippen molar-refractivity contribution in [2.24, 2.45) is 5.92 Å². The van der Waals surface area contributed by atoms with Gasteiger partial charge >= 0.3 is 5.97 Å². The first-order chi connectivity index (χ1) is 12.2. The lowest BCUT2D eigenvalue weighted by atomic mass is 9.99. The van der Waals surface area contributed by atoms with Crippen molar-refractivity contribution in [1.29, 1.82) is 0 Å². The Hall–Kier alpha value is -2.13. The van der Waals surface area contributed by atoms with E-state index in [0.29, 0.717) is 36.3 Å². The number of rotatable bonds is 4. The minimum absolute atomic E-state index is 0.121. The summed E-state index contributed by atoms with van der Waals surface area (Å²) >= 11 is 0. The highest BCUT2D eigenvalue weighted by molar-refractivity contribution is 7.89. The number of carbonyl (C=O) groups is 2. The molecule has 0 radical (unpaired) electrons. The number of aryl methyl sites for hydroxylation is 1. The topological polar surface area (TPSA) is 113 Å². The number of carboxylic acid groups (broad SMARTS) is 1. The van der Waals surface area contributed by atoms with Crippen LogP contribution in [0, 0.1) is 12.8 Å². The minimum atomic E-state index is -3.77. The zero-order valence-corrected chi connectivity index (χ0v) is 15.5. The summed E-state index contributed by atoms with van der Waals surface area (Å²) in [5, 5.41) is 11.8. The van der Waals surface area contributed by atoms with Crippen molar-refractivity contribution in [3.05, 3.63) is 17.7 Å². The molecule has 2 heterocycles. The number of ether oxygens (including phenoxy) is 1. The Balaban J connectivity index is 1.89. The number of carboxylic acids is 1. The number of carbonyl (C=O) groups excluding carboxylic acids is 1. The number of fused-ring (bicyclic) bond motifs is 1. The van der Waals surface area contributed by atoms with Crippen LogP contribution in [0.1, 0.15) is 31.7 Å². The fourth-order valence-corrected chi connectivity index (χ4v) is 5.00. The van der Waals surface area contributed by atoms with Gasteiger partial charge in [0.25, 0.3) is 5.91 Å². The van der Waals surface area contributed by atoms with Crippen molar-refractivity contribution >= 4 is 27.6 Å². The molecule has 1 fully saturated rings. The van der Waals surface area contributed by atoms with Gasteiger partial charge in [-0.25, -0.2) is 8.42 Å². The second-order valence-electron chi connectivity index (χ2n) is 6.63. The van der Waals surface area contributed by atoms with Crippen LogP contribution in [-0.2, 0) is 19.6 Å². The maximum absolute atomic E-state index is 13.0. The number of sulfonamides is 1. The van der Waals surface area contributed by atoms with Gasteiger partial charge in [0.1, 0.15) is 5.75 Å². The molecule has 0 bridgehead atoms. The molecule has 1 saturated heterocycles. The maximum atomic E-state index is 13.0. The highest BCUT2D eigenvalue weighted by atomic mass is 32.2. The van der Waals surface area contributed by atoms with Crippen molar-refractivity contribution in [2.75, 3.05) is 18.4 Å². The summed E-state index contributed by atoms with van der Waals surface area (Å²) in [6, 6.07) is 3.04. The first-order valence-corrected chi connectivity index (χ1v) is 10.0. The lowest BCUT2D eigenvalue weighted by molar-refractivity contribution is -0.143. The second-order valence-corrected chi connectivity index (χ2v) is 8.54. The highest BCUT2D eigenvalue weighted by Gasteiger charge is 2.34. The van der Waals surface area contributed by atoms with E-state index < -0.39 is 28.0 Å². The Morgan fingerprint density at radius 2 is 2.00 bits per heavy atom. The molecule has 2 N–H and O–H groups in total. The average molecular weight is 382 g/mol. The van der Waals surface area contributed by atoms with Crippen LogP contribution in [0.25, 0.3) is 0 Å². The van der Waals surface area contributed by atoms with Gasteiger partial charge in [-0.05, 0) is 37.8 Å². The predicted molar refractivity (Wildman–Crippen MR) is 93.6 cm³/mol. The Morgan fingerprint density at radius 3 is 2.58 bits per heavy atom. The number of hydrogen-bond donors (Lipinski definition) is 2. The number of benzene rings is 1. The van der Waals surface area contributed by atoms with Crippen LogP contribution < -0.4 is 10.1 Å². The molecule has 0 aliphatic carbocycles. The Bertz CT molecular complexity index is 843. The van der Waals surface area contributed by atoms with Crippen molar-refractivity contribution in [3.8, 4) is 5.75 Å². The van der Waals surface area contributed by atoms with Crippen LogP contribution >= 0.6 is 0 Å². The molecule has 26 heavy (non-hydrogen) atoms. The molecule has 1 amide bonds. The van der Waals surface area contributed by atoms with Gasteiger partial charge in [0.2, 0.25) is 10.0 Å². The number of hydrogen-bond acceptors (Lipinski definition) is 5. The van der Waals surface area contributed by atoms with Gasteiger partial charge in [0, 0.05) is 19.2 Å². The number of nitrogens with zero attached hydrogens (tertiary/aromatic N) is 1. The molecule has 2 aliphatic rings. The van der Waals surface area contributed by atoms with Crippen LogP contribution in [0.2, 0.25) is 0 Å². The smallest absolute Gasteiger partial charge is 0.306 e. The van der Waals surface area contributed by atoms with E-state index in [1.807, 2.05) is 6.92 Å². The van der Waals surface area contributed by atoms with Crippen molar-refractivity contribution in [1.82, 2.24) is 4.31 Å². The van der Waals surface area contributed by atoms with Gasteiger partial charge in [0.15, 0.2) is 6.10 Å². The van der Waals surface area contributed by atoms with E-state index in [9.17, 15) is 18.0 Å². The molecule has 1 aromatic rings. The van der Waals surface area contributed by atoms with E-state index in [0.717, 1.165) is 0 Å². The number of nitrogens with one attached hydrogen (secondary N) is 1. The fraction of sp³-hybridized carbons (Fsp3) is 0.529. The maximum Gasteiger partial charge on any atom is 0.306 e. The Morgan fingerprint density at radius 1 is 1.35 bits per heavy atom. The molecular formula is C17H22N2O6S. The van der Waals surface area contributed by atoms with Crippen LogP contribution in [0.15, 0.2) is 17.0 Å². The van der Waals surface area contributed by atoms with Crippen LogP contribution in [-0.4, -0.2) is 48.9 Å². The van der Waals surface area contributed by atoms with Gasteiger partial charge in [0.05, 0.1) is 16.5 Å². The van der Waals surface area contributed by atoms with E-state index >= 15 is 0 Å². The summed E-state index contributed by atoms with van der Waals surface area (Å²) in [6.07, 6.45) is 0.419. The average Bonchev–Trinajstić information content (AvgIpc) is 2.60. The molecule has 142 valence electrons. The number of amides is 1. The molecule has 0 unspecified atom stereocenters. The van der Waals surface area contributed by atoms with Crippen LogP contribution in [0.4, 0.5) is 5.69 Å². The summed E-state index contributed by atoms with van der Waals surface area (Å²) in [5.41, 5.74) is 0.962. The molecular weight excluding hydrogens is 360 g/mol. The predicted octanol–water partition coefficient (Wildman–Crippen LogP) is 1.59. The molecule has 3 rings (SSSR count). The van der Waals surface area contributed by atoms with Crippen LogP contribution in [0.5, 0.6) is 5.75 Å². The molecule has 0 saturated carbocycles. The number of anilines is 1. The van der Waals surface area contributed by atoms with Gasteiger partial charge in [-0.2, -0.15) is 4.31 Å². The first kappa shape index (κ1) is 18.7. The zero-order chi connectivity index (χ0) is 19.1. The molecule has 8 nitrogen and oxygen atoms in total. The van der Waals surface area contributed by atoms with Gasteiger partial charge in [-0.3, -0.25) is 9.59 Å². The minimum Gasteiger partial charge on any atom is -0.481 e. The molecule has 0 aromatic heterocycles. The van der Waals surface area contributed by atoms with Gasteiger partial charge < -0.3 is 15.2 Å². The Kier molecular flexibility index (Phi) is 4.94. The third-order valence-electron chi connectivity index (χ3n) is 4.89. The standard InChI is InChI=1S/C17H22N2O6S/c1-3-13-16(20)18-12-8-10(2)15(9-14(12)25-13)26(23,24)19-6-4-11(5-7-19)17(21)22/h8-9,11,13H,3-7H2,1-2H3,(H,18,20)(H,21,22)/t13-/m1/s1. The summed E-state index contributed by atoms with van der Waals surface area (Å²) in [5.74, 6) is -1.30. The SMILES string of the molecule is CC[C@H]1Oc2cc(S(=O)(=O)N3CCC(C(=O)O)CC3)c(C)cc2NC1=O. The summed E-state index contributed by atoms with van der Waals surface area (Å²) < 4.78 is 33.0. The fourth-order valence-electron chi connectivity index (χ4n) is 3.31. The lowest BCUT2D eigenvalue weighted by Crippen LogP contribution is -2.40. The summed E-state index contributed by atoms with van der Waals surface area (Å²) in [6.45, 7) is 3.82. The normalized spacial score (nSPS) is 21.6. The van der Waals surface area contributed by atoms with Gasteiger partial charge in [-0.1, -0.05) is 6.92 Å². The zero-order valence-electron chi connectivity index (χ0n) is 14.7. The van der Waals surface area contributed by atoms with E-state index in [1.165, 1.54) is 10.4 Å². The molecule has 2 aliphatic heterocycles. The van der Waals surface area contributed by atoms with Crippen molar-refractivity contribution in [3.63, 3.8) is 0 Å². The van der Waals surface area contributed by atoms with Gasteiger partial charge in [-0.15, -0.1) is 0 Å². The molecule has 1 aromatic carbocycles. The third-order valence-corrected chi connectivity index (χ3v) is 6.93. The van der Waals surface area contributed by atoms with Crippen molar-refractivity contribution in [2.45, 2.75) is 44.1 Å². The number of aliphatic carboxylic acids is 1. The van der Waals surface area contributed by atoms with Crippen LogP contribution in [0.3, 0.4) is 0 Å². The summed E-state index contributed by atoms with van der Waals surface area (Å²) in [7, 11) is -3.77. The van der Waals surface area contributed by atoms with E-state index in [-0.39, 0.29) is 23.9 Å². The second kappa shape index (κ2) is 6.88. The monoisotopic (exact) mass is 382 g/mol. The lowest BCUT2D eigenvalue weighted by Gasteiger charge is -2.31. The molecule has 0 spiro atoms. The van der Waals surface area contributed by atoms with Crippen molar-refractivity contribution < 1.29 is 27.9 Å². The largest absolute Gasteiger partial charge is 0.481 e. The number of piperidine rings is 1. The first-order valence-electron chi connectivity index (χ1n) is 8.59. The Labute approximate surface area is 152 Å². The molecule has 9 heteroatoms. The summed E-state index contributed by atoms with van der Waals surface area (Å²) in [4.78, 5) is 23.1. The molecule has 1 atom stereocenters.